The lowest BCUT2D eigenvalue weighted by Gasteiger charge is -2.38. The molecule has 4 rings (SSSR count). The summed E-state index contributed by atoms with van der Waals surface area (Å²) in [6, 6.07) is 15.3. The van der Waals surface area contributed by atoms with Crippen LogP contribution in [0.3, 0.4) is 0 Å². The Bertz CT molecular complexity index is 979. The van der Waals surface area contributed by atoms with E-state index in [9.17, 15) is 22.8 Å². The number of hydrogen-bond donors (Lipinski definition) is 0. The molecule has 2 aromatic rings. The fourth-order valence-corrected chi connectivity index (χ4v) is 4.87. The minimum atomic E-state index is -4.32. The monoisotopic (exact) mass is 487 g/mol. The van der Waals surface area contributed by atoms with E-state index in [1.54, 1.807) is 0 Å². The number of carbonyl (C=O) groups is 2. The Labute approximate surface area is 204 Å². The standard InChI is InChI=1S/C27H32F3N3O2/c28-27(29,30)24-9-6-22(7-10-24)20-31-16-18-33(19-17-31)26(35)23-12-14-32(15-13-23)25(34)11-8-21-4-2-1-3-5-21/h1-7,9-10,23H,8,11-20H2. The number of piperazine rings is 1. The van der Waals surface area contributed by atoms with Gasteiger partial charge in [-0.3, -0.25) is 14.5 Å². The van der Waals surface area contributed by atoms with E-state index in [0.717, 1.165) is 29.7 Å². The molecule has 188 valence electrons. The first kappa shape index (κ1) is 25.2. The summed E-state index contributed by atoms with van der Waals surface area (Å²) in [5, 5.41) is 0. The van der Waals surface area contributed by atoms with E-state index >= 15 is 0 Å². The minimum Gasteiger partial charge on any atom is -0.343 e. The zero-order valence-corrected chi connectivity index (χ0v) is 19.8. The van der Waals surface area contributed by atoms with Crippen LogP contribution in [0.1, 0.15) is 36.0 Å². The second kappa shape index (κ2) is 11.2. The van der Waals surface area contributed by atoms with Crippen LogP contribution in [0.15, 0.2) is 54.6 Å². The molecule has 0 aliphatic carbocycles. The van der Waals surface area contributed by atoms with Gasteiger partial charge in [0.15, 0.2) is 0 Å². The summed E-state index contributed by atoms with van der Waals surface area (Å²) in [6.07, 6.45) is -1.71. The van der Waals surface area contributed by atoms with Crippen molar-refractivity contribution < 1.29 is 22.8 Å². The van der Waals surface area contributed by atoms with Crippen LogP contribution in [0.4, 0.5) is 13.2 Å². The number of piperidine rings is 1. The van der Waals surface area contributed by atoms with Crippen molar-refractivity contribution in [3.63, 3.8) is 0 Å². The van der Waals surface area contributed by atoms with Gasteiger partial charge in [-0.05, 0) is 42.5 Å². The number of rotatable bonds is 6. The Balaban J connectivity index is 1.17. The van der Waals surface area contributed by atoms with Gasteiger partial charge in [0.2, 0.25) is 11.8 Å². The van der Waals surface area contributed by atoms with Gasteiger partial charge in [0.1, 0.15) is 0 Å². The van der Waals surface area contributed by atoms with Crippen molar-refractivity contribution in [3.05, 3.63) is 71.3 Å². The Kier molecular flexibility index (Phi) is 8.11. The van der Waals surface area contributed by atoms with Crippen LogP contribution in [-0.2, 0) is 28.7 Å². The molecule has 35 heavy (non-hydrogen) atoms. The van der Waals surface area contributed by atoms with Crippen LogP contribution in [-0.4, -0.2) is 65.8 Å². The van der Waals surface area contributed by atoms with Gasteiger partial charge in [0.25, 0.3) is 0 Å². The van der Waals surface area contributed by atoms with Crippen molar-refractivity contribution in [3.8, 4) is 0 Å². The smallest absolute Gasteiger partial charge is 0.343 e. The summed E-state index contributed by atoms with van der Waals surface area (Å²) in [6.45, 7) is 4.46. The Morgan fingerprint density at radius 1 is 0.771 bits per heavy atom. The largest absolute Gasteiger partial charge is 0.416 e. The summed E-state index contributed by atoms with van der Waals surface area (Å²) >= 11 is 0. The van der Waals surface area contributed by atoms with Gasteiger partial charge in [-0.25, -0.2) is 0 Å². The third-order valence-electron chi connectivity index (χ3n) is 7.04. The average molecular weight is 488 g/mol. The van der Waals surface area contributed by atoms with Crippen molar-refractivity contribution in [1.29, 1.82) is 0 Å². The molecular weight excluding hydrogens is 455 g/mol. The van der Waals surface area contributed by atoms with Crippen LogP contribution in [0.5, 0.6) is 0 Å². The highest BCUT2D eigenvalue weighted by molar-refractivity contribution is 5.80. The average Bonchev–Trinajstić information content (AvgIpc) is 2.88. The number of aryl methyl sites for hydroxylation is 1. The number of amides is 2. The number of carbonyl (C=O) groups excluding carboxylic acids is 2. The number of hydrogen-bond acceptors (Lipinski definition) is 3. The van der Waals surface area contributed by atoms with E-state index in [-0.39, 0.29) is 17.7 Å². The third kappa shape index (κ3) is 6.84. The molecule has 0 atom stereocenters. The first-order chi connectivity index (χ1) is 16.8. The zero-order valence-electron chi connectivity index (χ0n) is 19.8. The van der Waals surface area contributed by atoms with E-state index in [2.05, 4.69) is 4.90 Å². The van der Waals surface area contributed by atoms with Gasteiger partial charge in [-0.2, -0.15) is 13.2 Å². The molecule has 0 spiro atoms. The number of alkyl halides is 3. The molecule has 2 heterocycles. The molecule has 0 N–H and O–H groups in total. The lowest BCUT2D eigenvalue weighted by atomic mass is 9.94. The van der Waals surface area contributed by atoms with E-state index in [1.165, 1.54) is 12.1 Å². The molecule has 0 radical (unpaired) electrons. The molecule has 2 saturated heterocycles. The zero-order chi connectivity index (χ0) is 24.8. The molecule has 2 aromatic carbocycles. The van der Waals surface area contributed by atoms with Gasteiger partial charge < -0.3 is 9.80 Å². The maximum absolute atomic E-state index is 13.0. The van der Waals surface area contributed by atoms with Gasteiger partial charge in [-0.1, -0.05) is 42.5 Å². The molecule has 8 heteroatoms. The van der Waals surface area contributed by atoms with E-state index in [0.29, 0.717) is 65.1 Å². The predicted octanol–water partition coefficient (Wildman–Crippen LogP) is 4.22. The molecule has 0 saturated carbocycles. The lowest BCUT2D eigenvalue weighted by Crippen LogP contribution is -2.51. The fraction of sp³-hybridized carbons (Fsp3) is 0.481. The third-order valence-corrected chi connectivity index (χ3v) is 7.04. The molecule has 5 nitrogen and oxygen atoms in total. The van der Waals surface area contributed by atoms with Crippen molar-refractivity contribution in [2.24, 2.45) is 5.92 Å². The number of likely N-dealkylation sites (tertiary alicyclic amines) is 1. The van der Waals surface area contributed by atoms with Crippen LogP contribution in [0, 0.1) is 5.92 Å². The van der Waals surface area contributed by atoms with Crippen LogP contribution >= 0.6 is 0 Å². The number of benzene rings is 2. The summed E-state index contributed by atoms with van der Waals surface area (Å²) in [4.78, 5) is 31.6. The van der Waals surface area contributed by atoms with E-state index in [4.69, 9.17) is 0 Å². The molecule has 0 unspecified atom stereocenters. The van der Waals surface area contributed by atoms with Gasteiger partial charge in [0.05, 0.1) is 5.56 Å². The molecular formula is C27H32F3N3O2. The molecule has 2 aliphatic rings. The molecule has 2 aliphatic heterocycles. The van der Waals surface area contributed by atoms with Gasteiger partial charge >= 0.3 is 6.18 Å². The predicted molar refractivity (Wildman–Crippen MR) is 127 cm³/mol. The molecule has 2 fully saturated rings. The van der Waals surface area contributed by atoms with Crippen LogP contribution in [0.2, 0.25) is 0 Å². The molecule has 2 amide bonds. The Hall–Kier alpha value is -2.87. The fourth-order valence-electron chi connectivity index (χ4n) is 4.87. The first-order valence-electron chi connectivity index (χ1n) is 12.3. The van der Waals surface area contributed by atoms with Crippen molar-refractivity contribution in [2.45, 2.75) is 38.4 Å². The summed E-state index contributed by atoms with van der Waals surface area (Å²) in [5.41, 5.74) is 1.35. The van der Waals surface area contributed by atoms with Crippen molar-refractivity contribution in [1.82, 2.24) is 14.7 Å². The maximum atomic E-state index is 13.0. The molecule has 0 bridgehead atoms. The van der Waals surface area contributed by atoms with Crippen LogP contribution < -0.4 is 0 Å². The van der Waals surface area contributed by atoms with Gasteiger partial charge in [-0.15, -0.1) is 0 Å². The first-order valence-corrected chi connectivity index (χ1v) is 12.3. The highest BCUT2D eigenvalue weighted by Gasteiger charge is 2.32. The van der Waals surface area contributed by atoms with Gasteiger partial charge in [0, 0.05) is 58.2 Å². The summed E-state index contributed by atoms with van der Waals surface area (Å²) < 4.78 is 38.2. The highest BCUT2D eigenvalue weighted by atomic mass is 19.4. The minimum absolute atomic E-state index is 0.0466. The maximum Gasteiger partial charge on any atom is 0.416 e. The molecule has 0 aromatic heterocycles. The quantitative estimate of drug-likeness (QED) is 0.613. The normalized spacial score (nSPS) is 18.0. The lowest BCUT2D eigenvalue weighted by molar-refractivity contribution is -0.142. The van der Waals surface area contributed by atoms with Crippen molar-refractivity contribution in [2.75, 3.05) is 39.3 Å². The van der Waals surface area contributed by atoms with Crippen molar-refractivity contribution >= 4 is 11.8 Å². The topological polar surface area (TPSA) is 43.9 Å². The highest BCUT2D eigenvalue weighted by Crippen LogP contribution is 2.29. The Morgan fingerprint density at radius 2 is 1.40 bits per heavy atom. The summed E-state index contributed by atoms with van der Waals surface area (Å²) in [5.74, 6) is 0.266. The van der Waals surface area contributed by atoms with Crippen LogP contribution in [0.25, 0.3) is 0 Å². The number of halogens is 3. The second-order valence-corrected chi connectivity index (χ2v) is 9.44. The Morgan fingerprint density at radius 3 is 2.00 bits per heavy atom. The summed E-state index contributed by atoms with van der Waals surface area (Å²) in [7, 11) is 0. The van der Waals surface area contributed by atoms with E-state index in [1.807, 2.05) is 40.1 Å². The SMILES string of the molecule is O=C(CCc1ccccc1)N1CCC(C(=O)N2CCN(Cc3ccc(C(F)(F)F)cc3)CC2)CC1. The number of nitrogens with zero attached hydrogens (tertiary/aromatic N) is 3. The second-order valence-electron chi connectivity index (χ2n) is 9.44. The van der Waals surface area contributed by atoms with E-state index < -0.39 is 11.7 Å².